The van der Waals surface area contributed by atoms with Crippen LogP contribution in [0.2, 0.25) is 0 Å². The standard InChI is InChI=1S/C29H37NO6/c1-5-36-23-12-7-6-10-21(23)27-22-11-8-9-15-29(22,32)16-17-30(27)26(31)14-13-20-18-24(33-2)28(35-4)25(19-20)34-3/h6-7,10,12-14,18-19,22,27,32H,5,8-9,11,15-17H2,1-4H3/t22?,27-,29?/m0/s1. The average molecular weight is 496 g/mol. The van der Waals surface area contributed by atoms with Gasteiger partial charge in [-0.3, -0.25) is 4.79 Å². The number of nitrogens with zero attached hydrogens (tertiary/aromatic N) is 1. The second-order valence-electron chi connectivity index (χ2n) is 9.45. The number of hydrogen-bond acceptors (Lipinski definition) is 6. The molecular weight excluding hydrogens is 458 g/mol. The number of hydrogen-bond donors (Lipinski definition) is 1. The number of ether oxygens (including phenoxy) is 4. The first-order valence-corrected chi connectivity index (χ1v) is 12.7. The Kier molecular flexibility index (Phi) is 8.09. The van der Waals surface area contributed by atoms with Gasteiger partial charge in [0.2, 0.25) is 11.7 Å². The number of benzene rings is 2. The van der Waals surface area contributed by atoms with Crippen molar-refractivity contribution in [3.05, 3.63) is 53.6 Å². The molecule has 2 aliphatic rings. The van der Waals surface area contributed by atoms with Crippen molar-refractivity contribution >= 4 is 12.0 Å². The number of methoxy groups -OCH3 is 3. The summed E-state index contributed by atoms with van der Waals surface area (Å²) in [7, 11) is 4.69. The fourth-order valence-electron chi connectivity index (χ4n) is 5.79. The lowest BCUT2D eigenvalue weighted by Gasteiger charge is -2.52. The van der Waals surface area contributed by atoms with E-state index in [0.29, 0.717) is 36.8 Å². The second kappa shape index (κ2) is 11.2. The monoisotopic (exact) mass is 495 g/mol. The number of amides is 1. The number of likely N-dealkylation sites (tertiary alicyclic amines) is 1. The van der Waals surface area contributed by atoms with E-state index in [4.69, 9.17) is 18.9 Å². The zero-order chi connectivity index (χ0) is 25.7. The molecule has 1 aliphatic heterocycles. The highest BCUT2D eigenvalue weighted by molar-refractivity contribution is 5.92. The van der Waals surface area contributed by atoms with Gasteiger partial charge in [-0.1, -0.05) is 31.0 Å². The molecule has 2 aromatic rings. The Balaban J connectivity index is 1.69. The first-order valence-electron chi connectivity index (χ1n) is 12.7. The Labute approximate surface area is 213 Å². The number of aliphatic hydroxyl groups is 1. The third kappa shape index (κ3) is 5.03. The predicted molar refractivity (Wildman–Crippen MR) is 139 cm³/mol. The molecule has 0 bridgehead atoms. The molecule has 1 aliphatic carbocycles. The summed E-state index contributed by atoms with van der Waals surface area (Å²) in [6, 6.07) is 11.3. The van der Waals surface area contributed by atoms with Gasteiger partial charge in [-0.05, 0) is 56.0 Å². The zero-order valence-electron chi connectivity index (χ0n) is 21.7. The van der Waals surface area contributed by atoms with Crippen LogP contribution >= 0.6 is 0 Å². The van der Waals surface area contributed by atoms with Crippen molar-refractivity contribution in [2.24, 2.45) is 5.92 Å². The predicted octanol–water partition coefficient (Wildman–Crippen LogP) is 5.02. The van der Waals surface area contributed by atoms with Crippen molar-refractivity contribution in [3.63, 3.8) is 0 Å². The Morgan fingerprint density at radius 2 is 1.78 bits per heavy atom. The highest BCUT2D eigenvalue weighted by atomic mass is 16.5. The third-order valence-corrected chi connectivity index (χ3v) is 7.49. The Morgan fingerprint density at radius 1 is 1.06 bits per heavy atom. The van der Waals surface area contributed by atoms with E-state index in [9.17, 15) is 9.90 Å². The molecule has 194 valence electrons. The molecule has 1 amide bonds. The number of rotatable bonds is 8. The van der Waals surface area contributed by atoms with Crippen LogP contribution in [0, 0.1) is 5.92 Å². The quantitative estimate of drug-likeness (QED) is 0.518. The van der Waals surface area contributed by atoms with Crippen LogP contribution < -0.4 is 18.9 Å². The molecule has 2 unspecified atom stereocenters. The molecule has 1 N–H and O–H groups in total. The van der Waals surface area contributed by atoms with Gasteiger partial charge in [-0.25, -0.2) is 0 Å². The maximum absolute atomic E-state index is 13.7. The summed E-state index contributed by atoms with van der Waals surface area (Å²) < 4.78 is 22.3. The maximum atomic E-state index is 13.7. The fraction of sp³-hybridized carbons (Fsp3) is 0.483. The molecule has 4 rings (SSSR count). The fourth-order valence-corrected chi connectivity index (χ4v) is 5.79. The molecule has 2 fully saturated rings. The van der Waals surface area contributed by atoms with E-state index < -0.39 is 5.60 Å². The normalized spacial score (nSPS) is 23.8. The summed E-state index contributed by atoms with van der Waals surface area (Å²) in [6.45, 7) is 2.97. The zero-order valence-corrected chi connectivity index (χ0v) is 21.7. The van der Waals surface area contributed by atoms with E-state index in [-0.39, 0.29) is 17.9 Å². The number of para-hydroxylation sites is 1. The van der Waals surface area contributed by atoms with Crippen molar-refractivity contribution in [2.75, 3.05) is 34.5 Å². The summed E-state index contributed by atoms with van der Waals surface area (Å²) >= 11 is 0. The lowest BCUT2D eigenvalue weighted by atomic mass is 9.66. The van der Waals surface area contributed by atoms with Gasteiger partial charge in [0.15, 0.2) is 11.5 Å². The van der Waals surface area contributed by atoms with Crippen molar-refractivity contribution in [3.8, 4) is 23.0 Å². The van der Waals surface area contributed by atoms with Crippen molar-refractivity contribution in [2.45, 2.75) is 50.7 Å². The topological polar surface area (TPSA) is 77.5 Å². The largest absolute Gasteiger partial charge is 0.494 e. The molecule has 1 saturated heterocycles. The van der Waals surface area contributed by atoms with Crippen LogP contribution in [0.1, 0.15) is 56.2 Å². The molecule has 0 aromatic heterocycles. The Bertz CT molecular complexity index is 1070. The van der Waals surface area contributed by atoms with Gasteiger partial charge >= 0.3 is 0 Å². The lowest BCUT2D eigenvalue weighted by molar-refractivity contribution is -0.151. The van der Waals surface area contributed by atoms with Gasteiger partial charge in [0.05, 0.1) is 39.6 Å². The molecule has 7 heteroatoms. The SMILES string of the molecule is CCOc1ccccc1[C@H]1C2CCCCC2(O)CCN1C(=O)C=Cc1cc(OC)c(OC)c(OC)c1. The third-order valence-electron chi connectivity index (χ3n) is 7.49. The number of carbonyl (C=O) groups is 1. The minimum atomic E-state index is -0.764. The molecule has 7 nitrogen and oxygen atoms in total. The van der Waals surface area contributed by atoms with Crippen molar-refractivity contribution < 1.29 is 28.8 Å². The number of fused-ring (bicyclic) bond motifs is 1. The first-order chi connectivity index (χ1) is 17.5. The molecule has 0 spiro atoms. The molecular formula is C29H37NO6. The van der Waals surface area contributed by atoms with Crippen molar-refractivity contribution in [1.82, 2.24) is 4.90 Å². The van der Waals surface area contributed by atoms with Gasteiger partial charge < -0.3 is 29.0 Å². The summed E-state index contributed by atoms with van der Waals surface area (Å²) in [5.41, 5.74) is 0.952. The smallest absolute Gasteiger partial charge is 0.247 e. The lowest BCUT2D eigenvalue weighted by Crippen LogP contribution is -2.56. The molecule has 36 heavy (non-hydrogen) atoms. The average Bonchev–Trinajstić information content (AvgIpc) is 2.90. The van der Waals surface area contributed by atoms with Crippen molar-refractivity contribution in [1.29, 1.82) is 0 Å². The van der Waals surface area contributed by atoms with E-state index >= 15 is 0 Å². The van der Waals surface area contributed by atoms with Crippen LogP contribution in [0.25, 0.3) is 6.08 Å². The number of piperidine rings is 1. The van der Waals surface area contributed by atoms with Crippen LogP contribution in [0.4, 0.5) is 0 Å². The van der Waals surface area contributed by atoms with E-state index in [0.717, 1.165) is 42.6 Å². The van der Waals surface area contributed by atoms with Crippen LogP contribution in [-0.4, -0.2) is 56.0 Å². The summed E-state index contributed by atoms with van der Waals surface area (Å²) in [6.07, 6.45) is 7.64. The van der Waals surface area contributed by atoms with Gasteiger partial charge in [0.1, 0.15) is 5.75 Å². The number of carbonyl (C=O) groups excluding carboxylic acids is 1. The second-order valence-corrected chi connectivity index (χ2v) is 9.45. The molecule has 3 atom stereocenters. The minimum Gasteiger partial charge on any atom is -0.494 e. The molecule has 1 heterocycles. The summed E-state index contributed by atoms with van der Waals surface area (Å²) in [5, 5.41) is 11.6. The van der Waals surface area contributed by atoms with Crippen LogP contribution in [0.15, 0.2) is 42.5 Å². The van der Waals surface area contributed by atoms with Gasteiger partial charge in [-0.15, -0.1) is 0 Å². The van der Waals surface area contributed by atoms with Crippen LogP contribution in [0.3, 0.4) is 0 Å². The summed E-state index contributed by atoms with van der Waals surface area (Å²) in [5.74, 6) is 2.18. The van der Waals surface area contributed by atoms with E-state index in [1.54, 1.807) is 33.5 Å². The summed E-state index contributed by atoms with van der Waals surface area (Å²) in [4.78, 5) is 15.6. The Morgan fingerprint density at radius 3 is 2.44 bits per heavy atom. The molecule has 0 radical (unpaired) electrons. The molecule has 2 aromatic carbocycles. The van der Waals surface area contributed by atoms with Gasteiger partial charge in [0, 0.05) is 24.1 Å². The van der Waals surface area contributed by atoms with E-state index in [2.05, 4.69) is 0 Å². The van der Waals surface area contributed by atoms with E-state index in [1.807, 2.05) is 48.2 Å². The first kappa shape index (κ1) is 25.9. The van der Waals surface area contributed by atoms with Gasteiger partial charge in [-0.2, -0.15) is 0 Å². The van der Waals surface area contributed by atoms with Gasteiger partial charge in [0.25, 0.3) is 0 Å². The Hall–Kier alpha value is -3.19. The van der Waals surface area contributed by atoms with E-state index in [1.165, 1.54) is 0 Å². The maximum Gasteiger partial charge on any atom is 0.247 e. The highest BCUT2D eigenvalue weighted by Gasteiger charge is 2.50. The highest BCUT2D eigenvalue weighted by Crippen LogP contribution is 2.51. The molecule has 1 saturated carbocycles. The minimum absolute atomic E-state index is 0.0415. The van der Waals surface area contributed by atoms with Crippen LogP contribution in [-0.2, 0) is 4.79 Å². The van der Waals surface area contributed by atoms with Crippen LogP contribution in [0.5, 0.6) is 23.0 Å².